The predicted octanol–water partition coefficient (Wildman–Crippen LogP) is 3.52. The molecule has 0 aliphatic carbocycles. The molecule has 1 atom stereocenters. The molecule has 0 aromatic heterocycles. The van der Waals surface area contributed by atoms with E-state index in [1.807, 2.05) is 67.6 Å². The Morgan fingerprint density at radius 2 is 1.62 bits per heavy atom. The fraction of sp³-hybridized carbons (Fsp3) is 0.167. The zero-order valence-electron chi connectivity index (χ0n) is 11.8. The highest BCUT2D eigenvalue weighted by Crippen LogP contribution is 2.39. The van der Waals surface area contributed by atoms with E-state index < -0.39 is 5.79 Å². The quantitative estimate of drug-likeness (QED) is 0.859. The van der Waals surface area contributed by atoms with Crippen molar-refractivity contribution < 1.29 is 14.3 Å². The van der Waals surface area contributed by atoms with Crippen molar-refractivity contribution >= 4 is 11.5 Å². The van der Waals surface area contributed by atoms with Crippen molar-refractivity contribution in [3.05, 3.63) is 77.9 Å². The Hall–Kier alpha value is -2.39. The first kappa shape index (κ1) is 13.6. The van der Waals surface area contributed by atoms with E-state index in [-0.39, 0.29) is 5.78 Å². The van der Waals surface area contributed by atoms with Gasteiger partial charge in [0.15, 0.2) is 0 Å². The van der Waals surface area contributed by atoms with Crippen LogP contribution in [0.3, 0.4) is 0 Å². The average molecular weight is 280 g/mol. The number of hydrogen-bond donors (Lipinski definition) is 0. The van der Waals surface area contributed by atoms with Crippen LogP contribution in [0.25, 0.3) is 5.76 Å². The Morgan fingerprint density at radius 1 is 1.00 bits per heavy atom. The zero-order valence-corrected chi connectivity index (χ0v) is 11.8. The molecular formula is C18H16O3. The summed E-state index contributed by atoms with van der Waals surface area (Å²) in [7, 11) is 0. The standard InChI is InChI=1S/C18H16O3/c1-2-20-18(15-11-7-4-8-12-15)17(19)13-16(21-18)14-9-5-3-6-10-14/h3-13H,2H2,1H3/t18-/m1/s1. The zero-order chi connectivity index (χ0) is 14.7. The molecule has 1 heterocycles. The SMILES string of the molecule is CCO[C@]1(c2ccccc2)OC(c2ccccc2)=CC1=O. The minimum atomic E-state index is -1.36. The van der Waals surface area contributed by atoms with Crippen molar-refractivity contribution in [1.82, 2.24) is 0 Å². The van der Waals surface area contributed by atoms with Gasteiger partial charge in [-0.15, -0.1) is 0 Å². The summed E-state index contributed by atoms with van der Waals surface area (Å²) in [5.41, 5.74) is 1.57. The van der Waals surface area contributed by atoms with Gasteiger partial charge >= 0.3 is 5.79 Å². The van der Waals surface area contributed by atoms with Crippen molar-refractivity contribution in [2.75, 3.05) is 6.61 Å². The number of carbonyl (C=O) groups is 1. The predicted molar refractivity (Wildman–Crippen MR) is 80.3 cm³/mol. The number of hydrogen-bond acceptors (Lipinski definition) is 3. The van der Waals surface area contributed by atoms with Crippen molar-refractivity contribution in [1.29, 1.82) is 0 Å². The highest BCUT2D eigenvalue weighted by atomic mass is 16.7. The van der Waals surface area contributed by atoms with E-state index in [0.717, 1.165) is 5.56 Å². The van der Waals surface area contributed by atoms with Crippen LogP contribution in [0, 0.1) is 0 Å². The summed E-state index contributed by atoms with van der Waals surface area (Å²) in [5.74, 6) is -1.01. The Labute approximate surface area is 123 Å². The van der Waals surface area contributed by atoms with Gasteiger partial charge in [-0.3, -0.25) is 4.79 Å². The summed E-state index contributed by atoms with van der Waals surface area (Å²) in [6.07, 6.45) is 1.51. The van der Waals surface area contributed by atoms with E-state index in [4.69, 9.17) is 9.47 Å². The van der Waals surface area contributed by atoms with Crippen LogP contribution < -0.4 is 0 Å². The highest BCUT2D eigenvalue weighted by Gasteiger charge is 2.47. The first-order chi connectivity index (χ1) is 10.3. The molecule has 0 saturated carbocycles. The maximum atomic E-state index is 12.5. The van der Waals surface area contributed by atoms with Crippen molar-refractivity contribution in [2.45, 2.75) is 12.7 Å². The average Bonchev–Trinajstić information content (AvgIpc) is 2.88. The van der Waals surface area contributed by atoms with Gasteiger partial charge in [0.1, 0.15) is 5.76 Å². The molecule has 0 fully saturated rings. The van der Waals surface area contributed by atoms with Crippen LogP contribution in [-0.4, -0.2) is 12.4 Å². The molecule has 0 spiro atoms. The molecule has 1 aliphatic rings. The van der Waals surface area contributed by atoms with Crippen LogP contribution in [0.5, 0.6) is 0 Å². The maximum Gasteiger partial charge on any atom is 0.301 e. The lowest BCUT2D eigenvalue weighted by molar-refractivity contribution is -0.196. The summed E-state index contributed by atoms with van der Waals surface area (Å²) in [5, 5.41) is 0. The second kappa shape index (κ2) is 5.54. The molecule has 0 unspecified atom stereocenters. The van der Waals surface area contributed by atoms with Crippen molar-refractivity contribution in [3.8, 4) is 0 Å². The summed E-state index contributed by atoms with van der Waals surface area (Å²) < 4.78 is 11.7. The second-order valence-corrected chi connectivity index (χ2v) is 4.76. The first-order valence-corrected chi connectivity index (χ1v) is 6.96. The van der Waals surface area contributed by atoms with Crippen LogP contribution in [0.2, 0.25) is 0 Å². The number of ether oxygens (including phenoxy) is 2. The van der Waals surface area contributed by atoms with E-state index in [1.54, 1.807) is 0 Å². The van der Waals surface area contributed by atoms with E-state index in [1.165, 1.54) is 6.08 Å². The van der Waals surface area contributed by atoms with Gasteiger partial charge in [-0.1, -0.05) is 60.7 Å². The molecule has 3 rings (SSSR count). The molecule has 1 aliphatic heterocycles. The largest absolute Gasteiger partial charge is 0.450 e. The lowest BCUT2D eigenvalue weighted by atomic mass is 10.0. The highest BCUT2D eigenvalue weighted by molar-refractivity contribution is 6.04. The minimum Gasteiger partial charge on any atom is -0.450 e. The molecule has 2 aromatic carbocycles. The molecule has 0 saturated heterocycles. The molecule has 3 heteroatoms. The summed E-state index contributed by atoms with van der Waals surface area (Å²) in [6.45, 7) is 2.23. The van der Waals surface area contributed by atoms with E-state index in [9.17, 15) is 4.79 Å². The van der Waals surface area contributed by atoms with Gasteiger partial charge in [0.2, 0.25) is 5.78 Å². The van der Waals surface area contributed by atoms with Crippen LogP contribution in [-0.2, 0) is 20.1 Å². The minimum absolute atomic E-state index is 0.186. The van der Waals surface area contributed by atoms with Crippen LogP contribution in [0.1, 0.15) is 18.1 Å². The summed E-state index contributed by atoms with van der Waals surface area (Å²) >= 11 is 0. The molecule has 2 aromatic rings. The number of benzene rings is 2. The Morgan fingerprint density at radius 3 is 2.24 bits per heavy atom. The molecule has 0 amide bonds. The maximum absolute atomic E-state index is 12.5. The van der Waals surface area contributed by atoms with Gasteiger partial charge in [0, 0.05) is 23.8 Å². The van der Waals surface area contributed by atoms with Crippen LogP contribution in [0.4, 0.5) is 0 Å². The molecule has 0 bridgehead atoms. The molecule has 0 radical (unpaired) electrons. The van der Waals surface area contributed by atoms with Crippen molar-refractivity contribution in [3.63, 3.8) is 0 Å². The van der Waals surface area contributed by atoms with Gasteiger partial charge < -0.3 is 9.47 Å². The number of carbonyl (C=O) groups excluding carboxylic acids is 1. The Bertz CT molecular complexity index is 661. The van der Waals surface area contributed by atoms with E-state index in [0.29, 0.717) is 17.9 Å². The molecule has 3 nitrogen and oxygen atoms in total. The summed E-state index contributed by atoms with van der Waals surface area (Å²) in [6, 6.07) is 18.9. The van der Waals surface area contributed by atoms with Gasteiger partial charge in [0.25, 0.3) is 0 Å². The fourth-order valence-corrected chi connectivity index (χ4v) is 2.44. The number of rotatable bonds is 4. The normalized spacial score (nSPS) is 21.0. The number of ketones is 1. The fourth-order valence-electron chi connectivity index (χ4n) is 2.44. The van der Waals surface area contributed by atoms with Crippen LogP contribution in [0.15, 0.2) is 66.7 Å². The molecule has 106 valence electrons. The van der Waals surface area contributed by atoms with Crippen LogP contribution >= 0.6 is 0 Å². The molecule has 21 heavy (non-hydrogen) atoms. The smallest absolute Gasteiger partial charge is 0.301 e. The van der Waals surface area contributed by atoms with Gasteiger partial charge in [-0.25, -0.2) is 0 Å². The Balaban J connectivity index is 2.00. The molecule has 0 N–H and O–H groups in total. The second-order valence-electron chi connectivity index (χ2n) is 4.76. The van der Waals surface area contributed by atoms with E-state index in [2.05, 4.69) is 0 Å². The van der Waals surface area contributed by atoms with E-state index >= 15 is 0 Å². The lowest BCUT2D eigenvalue weighted by Gasteiger charge is -2.28. The summed E-state index contributed by atoms with van der Waals surface area (Å²) in [4.78, 5) is 12.5. The van der Waals surface area contributed by atoms with Gasteiger partial charge in [-0.2, -0.15) is 0 Å². The molecular weight excluding hydrogens is 264 g/mol. The Kier molecular flexibility index (Phi) is 3.59. The lowest BCUT2D eigenvalue weighted by Crippen LogP contribution is -2.36. The monoisotopic (exact) mass is 280 g/mol. The first-order valence-electron chi connectivity index (χ1n) is 6.96. The third-order valence-corrected chi connectivity index (χ3v) is 3.40. The third-order valence-electron chi connectivity index (χ3n) is 3.40. The topological polar surface area (TPSA) is 35.5 Å². The third kappa shape index (κ3) is 2.36. The van der Waals surface area contributed by atoms with Gasteiger partial charge in [0.05, 0.1) is 0 Å². The van der Waals surface area contributed by atoms with Crippen molar-refractivity contribution in [2.24, 2.45) is 0 Å². The van der Waals surface area contributed by atoms with Gasteiger partial charge in [-0.05, 0) is 6.92 Å².